The molecule has 0 aliphatic carbocycles. The van der Waals surface area contributed by atoms with Crippen molar-refractivity contribution in [1.82, 2.24) is 65.0 Å². The first kappa shape index (κ1) is 59.2. The van der Waals surface area contributed by atoms with Gasteiger partial charge in [-0.05, 0) is 76.2 Å². The summed E-state index contributed by atoms with van der Waals surface area (Å²) in [6.45, 7) is 27.2. The predicted molar refractivity (Wildman–Crippen MR) is 268 cm³/mol. The normalized spacial score (nSPS) is 13.8. The number of aliphatic hydroxyl groups is 1. The topological polar surface area (TPSA) is 268 Å². The van der Waals surface area contributed by atoms with Gasteiger partial charge < -0.3 is 33.8 Å². The smallest absolute Gasteiger partial charge is 0.410 e. The number of aromatic nitrogens is 9. The minimum absolute atomic E-state index is 0. The Bertz CT molecular complexity index is 2370. The lowest BCUT2D eigenvalue weighted by molar-refractivity contribution is 0.0194. The molecule has 68 heavy (non-hydrogen) atoms. The van der Waals surface area contributed by atoms with Crippen molar-refractivity contribution in [3.63, 3.8) is 0 Å². The van der Waals surface area contributed by atoms with Gasteiger partial charge >= 0.3 is 12.2 Å². The lowest BCUT2D eigenvalue weighted by atomic mass is 10.2. The van der Waals surface area contributed by atoms with Crippen molar-refractivity contribution >= 4 is 82.8 Å². The lowest BCUT2D eigenvalue weighted by Gasteiger charge is -2.30. The molecule has 3 aliphatic rings. The van der Waals surface area contributed by atoms with E-state index in [0.29, 0.717) is 57.5 Å². The van der Waals surface area contributed by atoms with Crippen molar-refractivity contribution < 1.29 is 33.7 Å². The highest BCUT2D eigenvalue weighted by atomic mass is 35.5. The molecular formula is C41H65Cl2N15O7S3. The number of fused-ring (bicyclic) bond motifs is 2. The third-order valence-corrected chi connectivity index (χ3v) is 11.0. The third-order valence-electron chi connectivity index (χ3n) is 8.65. The molecule has 0 atom stereocenters. The van der Waals surface area contributed by atoms with E-state index in [1.807, 2.05) is 90.0 Å². The molecule has 5 N–H and O–H groups in total. The Kier molecular flexibility index (Phi) is 24.3. The molecule has 0 saturated heterocycles. The zero-order valence-corrected chi connectivity index (χ0v) is 44.5. The van der Waals surface area contributed by atoms with Crippen molar-refractivity contribution in [2.75, 3.05) is 45.9 Å². The van der Waals surface area contributed by atoms with Gasteiger partial charge in [-0.3, -0.25) is 25.0 Å². The quantitative estimate of drug-likeness (QED) is 0.0935. The number of thiazole rings is 3. The summed E-state index contributed by atoms with van der Waals surface area (Å²) in [7, 11) is 0. The number of hydrazine groups is 1. The van der Waals surface area contributed by atoms with Gasteiger partial charge in [-0.15, -0.1) is 79.2 Å². The van der Waals surface area contributed by atoms with Crippen LogP contribution in [0.3, 0.4) is 0 Å². The summed E-state index contributed by atoms with van der Waals surface area (Å²) in [5, 5.41) is 36.2. The molecule has 0 aromatic carbocycles. The molecule has 3 amide bonds. The van der Waals surface area contributed by atoms with E-state index in [-0.39, 0.29) is 49.5 Å². The van der Waals surface area contributed by atoms with Gasteiger partial charge in [0.2, 0.25) is 5.90 Å². The maximum atomic E-state index is 12.1. The average Bonchev–Trinajstić information content (AvgIpc) is 4.12. The molecule has 5 aromatic heterocycles. The number of ether oxygens (including phenoxy) is 3. The number of aliphatic imine (C=N–C) groups is 1. The lowest BCUT2D eigenvalue weighted by Crippen LogP contribution is -2.44. The highest BCUT2D eigenvalue weighted by Crippen LogP contribution is 2.25. The number of aryl methyl sites for hydroxylation is 3. The number of nitrogen functional groups attached to an aromatic ring is 1. The van der Waals surface area contributed by atoms with Crippen LogP contribution in [0, 0.1) is 20.8 Å². The molecule has 5 aromatic rings. The van der Waals surface area contributed by atoms with Gasteiger partial charge in [0, 0.05) is 55.5 Å². The largest absolute Gasteiger partial charge is 0.480 e. The highest BCUT2D eigenvalue weighted by Gasteiger charge is 2.29. The Morgan fingerprint density at radius 3 is 1.71 bits per heavy atom. The minimum Gasteiger partial charge on any atom is -0.480 e. The zero-order valence-electron chi connectivity index (χ0n) is 40.4. The molecule has 8 rings (SSSR count). The van der Waals surface area contributed by atoms with Gasteiger partial charge in [0.05, 0.1) is 47.8 Å². The molecule has 0 unspecified atom stereocenters. The molecule has 0 spiro atoms. The van der Waals surface area contributed by atoms with Gasteiger partial charge in [0.25, 0.3) is 5.91 Å². The Balaban J connectivity index is 0.000000311. The number of nitrogens with zero attached hydrogens (tertiary/aromatic N) is 12. The summed E-state index contributed by atoms with van der Waals surface area (Å²) in [5.74, 6) is 8.58. The van der Waals surface area contributed by atoms with Crippen molar-refractivity contribution in [2.45, 2.75) is 114 Å². The fraction of sp³-hybridized carbons (Fsp3) is 0.585. The van der Waals surface area contributed by atoms with E-state index in [0.717, 1.165) is 69.3 Å². The van der Waals surface area contributed by atoms with E-state index < -0.39 is 11.2 Å². The van der Waals surface area contributed by atoms with Gasteiger partial charge in [0.15, 0.2) is 17.5 Å². The first-order valence-electron chi connectivity index (χ1n) is 21.3. The summed E-state index contributed by atoms with van der Waals surface area (Å²) < 4.78 is 20.1. The summed E-state index contributed by atoms with van der Waals surface area (Å²) in [6, 6.07) is 0. The standard InChI is InChI=1S/C14H19N5O2S.C11H20N2O3.C9H11N5S.C5H7N3OS.C2H6O.2ClH/c1-9-15-10(8-22-9)12-17-16-11-7-18(5-6-19(11)12)13(20)21-14(2,3)4;1-5-15-9-8-13(7-6-12-9)10(14)16-11(2,3)4;1-6-11-7(5-15-6)9-13-12-8-4-10-2-3-14(8)9;1-3-7-4(2-10-3)5(9)8-6;1-2-3;;/h8H,5-7H2,1-4H3;5-8H2,1-4H3;5,10H,2-4H2,1H3;2H,6H2,1H3,(H,8,9);3H,2H2,1H3;2*1H. The van der Waals surface area contributed by atoms with Crippen molar-refractivity contribution in [2.24, 2.45) is 10.8 Å². The van der Waals surface area contributed by atoms with Crippen LogP contribution in [0.15, 0.2) is 21.1 Å². The van der Waals surface area contributed by atoms with Crippen LogP contribution in [-0.4, -0.2) is 141 Å². The molecule has 8 heterocycles. The average molecular weight is 1050 g/mol. The molecule has 0 radical (unpaired) electrons. The van der Waals surface area contributed by atoms with Gasteiger partial charge in [-0.25, -0.2) is 30.4 Å². The number of hydrogen-bond acceptors (Lipinski definition) is 20. The third kappa shape index (κ3) is 18.5. The predicted octanol–water partition coefficient (Wildman–Crippen LogP) is 5.84. The molecule has 0 saturated carbocycles. The minimum atomic E-state index is -0.495. The maximum Gasteiger partial charge on any atom is 0.410 e. The van der Waals surface area contributed by atoms with E-state index in [4.69, 9.17) is 25.2 Å². The number of nitrogens with two attached hydrogens (primary N) is 1. The van der Waals surface area contributed by atoms with Crippen molar-refractivity contribution in [3.8, 4) is 23.0 Å². The molecular weight excluding hydrogens is 982 g/mol. The molecule has 378 valence electrons. The Labute approximate surface area is 421 Å². The number of nitrogens with one attached hydrogen (secondary N) is 2. The number of aliphatic hydroxyl groups excluding tert-OH is 1. The first-order chi connectivity index (χ1) is 31.2. The van der Waals surface area contributed by atoms with Crippen LogP contribution in [0.25, 0.3) is 23.0 Å². The van der Waals surface area contributed by atoms with Gasteiger partial charge in [-0.2, -0.15) is 0 Å². The van der Waals surface area contributed by atoms with Gasteiger partial charge in [0.1, 0.15) is 34.1 Å². The summed E-state index contributed by atoms with van der Waals surface area (Å²) in [6.07, 6.45) is -0.618. The van der Waals surface area contributed by atoms with E-state index >= 15 is 0 Å². The van der Waals surface area contributed by atoms with E-state index in [1.165, 1.54) is 11.3 Å². The Hall–Kier alpha value is -4.89. The second-order valence-electron chi connectivity index (χ2n) is 16.4. The van der Waals surface area contributed by atoms with E-state index in [1.54, 1.807) is 44.8 Å². The number of rotatable bonds is 4. The van der Waals surface area contributed by atoms with Gasteiger partial charge in [-0.1, -0.05) is 0 Å². The molecule has 0 bridgehead atoms. The van der Waals surface area contributed by atoms with Crippen LogP contribution in [0.5, 0.6) is 0 Å². The fourth-order valence-electron chi connectivity index (χ4n) is 5.91. The monoisotopic (exact) mass is 1050 g/mol. The van der Waals surface area contributed by atoms with E-state index in [9.17, 15) is 14.4 Å². The van der Waals surface area contributed by atoms with Crippen molar-refractivity contribution in [3.05, 3.63) is 48.5 Å². The van der Waals surface area contributed by atoms with Crippen molar-refractivity contribution in [1.29, 1.82) is 0 Å². The summed E-state index contributed by atoms with van der Waals surface area (Å²) >= 11 is 4.65. The fourth-order valence-corrected chi connectivity index (χ4v) is 7.69. The molecule has 27 heteroatoms. The van der Waals surface area contributed by atoms with E-state index in [2.05, 4.69) is 50.2 Å². The Morgan fingerprint density at radius 2 is 1.24 bits per heavy atom. The number of amides is 3. The van der Waals surface area contributed by atoms with Crippen LogP contribution < -0.4 is 16.6 Å². The SMILES string of the molecule is CCO.CCOC1=NCCN(C(=O)OC(C)(C)C)C1.Cc1nc(-c2nnc3n2CCN(C(=O)OC(C)(C)C)C3)cs1.Cc1nc(-c2nnc3n2CCNC3)cs1.Cc1nc(C(=O)NN)cs1.Cl.Cl. The Morgan fingerprint density at radius 1 is 0.735 bits per heavy atom. The summed E-state index contributed by atoms with van der Waals surface area (Å²) in [4.78, 5) is 54.9. The molecule has 0 fully saturated rings. The second-order valence-corrected chi connectivity index (χ2v) is 19.6. The van der Waals surface area contributed by atoms with Crippen LogP contribution in [-0.2, 0) is 40.4 Å². The number of halogens is 2. The highest BCUT2D eigenvalue weighted by molar-refractivity contribution is 7.10. The summed E-state index contributed by atoms with van der Waals surface area (Å²) in [5.41, 5.74) is 3.21. The maximum absolute atomic E-state index is 12.1. The van der Waals surface area contributed by atoms with Crippen LogP contribution in [0.1, 0.15) is 92.6 Å². The van der Waals surface area contributed by atoms with Crippen LogP contribution in [0.2, 0.25) is 0 Å². The number of hydrogen-bond donors (Lipinski definition) is 4. The van der Waals surface area contributed by atoms with Crippen LogP contribution >= 0.6 is 58.8 Å². The second kappa shape index (κ2) is 27.9. The zero-order chi connectivity index (χ0) is 48.6. The number of carbonyl (C=O) groups is 3. The first-order valence-corrected chi connectivity index (χ1v) is 23.9. The number of carbonyl (C=O) groups excluding carboxylic acids is 3. The molecule has 22 nitrogen and oxygen atoms in total. The van der Waals surface area contributed by atoms with Crippen LogP contribution in [0.4, 0.5) is 9.59 Å². The molecule has 3 aliphatic heterocycles.